The second kappa shape index (κ2) is 7.18. The van der Waals surface area contributed by atoms with Crippen LogP contribution in [-0.2, 0) is 17.8 Å². The van der Waals surface area contributed by atoms with Crippen molar-refractivity contribution >= 4 is 6.08 Å². The van der Waals surface area contributed by atoms with E-state index >= 15 is 0 Å². The normalized spacial score (nSPS) is 24.2. The maximum Gasteiger partial charge on any atom is 0.157 e. The number of aromatic nitrogens is 3. The second-order valence-corrected chi connectivity index (χ2v) is 7.96. The van der Waals surface area contributed by atoms with E-state index < -0.39 is 0 Å². The first-order valence-corrected chi connectivity index (χ1v) is 10.1. The number of aryl methyl sites for hydroxylation is 1. The molecule has 0 spiro atoms. The molecule has 1 aromatic heterocycles. The molecule has 146 valence electrons. The smallest absolute Gasteiger partial charge is 0.157 e. The molecule has 5 rings (SSSR count). The van der Waals surface area contributed by atoms with E-state index in [9.17, 15) is 0 Å². The van der Waals surface area contributed by atoms with Gasteiger partial charge in [0.2, 0.25) is 0 Å². The molecule has 2 unspecified atom stereocenters. The average molecular weight is 377 g/mol. The lowest BCUT2D eigenvalue weighted by Crippen LogP contribution is -2.36. The summed E-state index contributed by atoms with van der Waals surface area (Å²) in [6, 6.07) is 9.64. The van der Waals surface area contributed by atoms with Crippen molar-refractivity contribution in [2.75, 3.05) is 26.3 Å². The molecule has 3 aliphatic heterocycles. The van der Waals surface area contributed by atoms with Crippen LogP contribution in [0.5, 0.6) is 0 Å². The molecule has 1 saturated heterocycles. The summed E-state index contributed by atoms with van der Waals surface area (Å²) >= 11 is 0. The summed E-state index contributed by atoms with van der Waals surface area (Å²) in [6.07, 6.45) is 6.74. The third-order valence-corrected chi connectivity index (χ3v) is 6.06. The van der Waals surface area contributed by atoms with Gasteiger partial charge in [0, 0.05) is 31.9 Å². The van der Waals surface area contributed by atoms with Crippen molar-refractivity contribution in [3.63, 3.8) is 0 Å². The molecule has 6 nitrogen and oxygen atoms in total. The van der Waals surface area contributed by atoms with Gasteiger partial charge in [-0.1, -0.05) is 30.3 Å². The molecule has 0 amide bonds. The standard InChI is InChI=1S/C22H27N5O/c1-16-12-21-20(6-7-22-24-23-17(2)27(21)22)26(16)15-19-5-3-4-18(13-19)14-25-8-10-28-11-9-25/h3-7,12-13,20-21H,8-11,14-15H2,1-2H3. The Morgan fingerprint density at radius 2 is 1.82 bits per heavy atom. The largest absolute Gasteiger partial charge is 0.379 e. The molecule has 1 fully saturated rings. The highest BCUT2D eigenvalue weighted by molar-refractivity contribution is 5.48. The van der Waals surface area contributed by atoms with Crippen LogP contribution < -0.4 is 0 Å². The molecule has 0 radical (unpaired) electrons. The fourth-order valence-corrected chi connectivity index (χ4v) is 4.63. The maximum absolute atomic E-state index is 5.47. The van der Waals surface area contributed by atoms with Gasteiger partial charge in [0.25, 0.3) is 0 Å². The summed E-state index contributed by atoms with van der Waals surface area (Å²) in [4.78, 5) is 4.97. The predicted molar refractivity (Wildman–Crippen MR) is 108 cm³/mol. The number of hydrogen-bond acceptors (Lipinski definition) is 5. The molecular formula is C22H27N5O. The zero-order valence-corrected chi connectivity index (χ0v) is 16.6. The van der Waals surface area contributed by atoms with Crippen molar-refractivity contribution < 1.29 is 4.74 Å². The second-order valence-electron chi connectivity index (χ2n) is 7.96. The molecule has 4 heterocycles. The molecule has 0 saturated carbocycles. The summed E-state index contributed by atoms with van der Waals surface area (Å²) in [7, 11) is 0. The van der Waals surface area contributed by atoms with E-state index in [0.29, 0.717) is 6.04 Å². The molecule has 3 aliphatic rings. The Hall–Kier alpha value is -2.44. The van der Waals surface area contributed by atoms with E-state index in [1.165, 1.54) is 16.8 Å². The van der Waals surface area contributed by atoms with Gasteiger partial charge in [-0.3, -0.25) is 4.90 Å². The number of rotatable bonds is 4. The van der Waals surface area contributed by atoms with Crippen LogP contribution in [0.1, 0.15) is 35.7 Å². The van der Waals surface area contributed by atoms with E-state index in [1.807, 2.05) is 6.92 Å². The molecule has 0 bridgehead atoms. The van der Waals surface area contributed by atoms with Gasteiger partial charge in [-0.15, -0.1) is 10.2 Å². The van der Waals surface area contributed by atoms with Gasteiger partial charge >= 0.3 is 0 Å². The molecular weight excluding hydrogens is 350 g/mol. The van der Waals surface area contributed by atoms with Gasteiger partial charge in [0.1, 0.15) is 5.82 Å². The molecule has 2 aromatic rings. The van der Waals surface area contributed by atoms with Gasteiger partial charge in [-0.25, -0.2) is 0 Å². The van der Waals surface area contributed by atoms with Crippen LogP contribution in [0.3, 0.4) is 0 Å². The summed E-state index contributed by atoms with van der Waals surface area (Å²) in [6.45, 7) is 9.90. The van der Waals surface area contributed by atoms with Crippen molar-refractivity contribution in [3.8, 4) is 0 Å². The van der Waals surface area contributed by atoms with Crippen LogP contribution in [0.4, 0.5) is 0 Å². The molecule has 6 heteroatoms. The van der Waals surface area contributed by atoms with Crippen molar-refractivity contribution in [1.82, 2.24) is 24.6 Å². The maximum atomic E-state index is 5.47. The Labute approximate surface area is 166 Å². The highest BCUT2D eigenvalue weighted by Gasteiger charge is 2.36. The van der Waals surface area contributed by atoms with Crippen molar-refractivity contribution in [2.45, 2.75) is 39.0 Å². The van der Waals surface area contributed by atoms with Crippen molar-refractivity contribution in [1.29, 1.82) is 0 Å². The minimum Gasteiger partial charge on any atom is -0.379 e. The van der Waals surface area contributed by atoms with E-state index in [-0.39, 0.29) is 6.04 Å². The van der Waals surface area contributed by atoms with E-state index in [2.05, 4.69) is 74.0 Å². The topological polar surface area (TPSA) is 46.4 Å². The lowest BCUT2D eigenvalue weighted by atomic mass is 10.0. The Kier molecular flexibility index (Phi) is 4.53. The molecule has 2 atom stereocenters. The van der Waals surface area contributed by atoms with E-state index in [0.717, 1.165) is 51.0 Å². The first kappa shape index (κ1) is 17.6. The Balaban J connectivity index is 1.33. The monoisotopic (exact) mass is 377 g/mol. The molecule has 0 N–H and O–H groups in total. The number of allylic oxidation sites excluding steroid dienone is 1. The Morgan fingerprint density at radius 3 is 2.64 bits per heavy atom. The quantitative estimate of drug-likeness (QED) is 0.820. The number of ether oxygens (including phenoxy) is 1. The molecule has 1 aromatic carbocycles. The minimum absolute atomic E-state index is 0.284. The van der Waals surface area contributed by atoms with Crippen LogP contribution in [0.2, 0.25) is 0 Å². The Bertz CT molecular complexity index is 925. The predicted octanol–water partition coefficient (Wildman–Crippen LogP) is 2.77. The first-order valence-electron chi connectivity index (χ1n) is 10.1. The van der Waals surface area contributed by atoms with Gasteiger partial charge in [-0.05, 0) is 37.1 Å². The van der Waals surface area contributed by atoms with Crippen molar-refractivity contribution in [3.05, 3.63) is 64.9 Å². The number of hydrogen-bond donors (Lipinski definition) is 0. The average Bonchev–Trinajstić information content (AvgIpc) is 3.23. The summed E-state index contributed by atoms with van der Waals surface area (Å²) in [5.41, 5.74) is 4.06. The molecule has 0 aliphatic carbocycles. The number of nitrogens with zero attached hydrogens (tertiary/aromatic N) is 5. The summed E-state index contributed by atoms with van der Waals surface area (Å²) in [5, 5.41) is 8.54. The zero-order valence-electron chi connectivity index (χ0n) is 16.6. The zero-order chi connectivity index (χ0) is 19.1. The van der Waals surface area contributed by atoms with Crippen LogP contribution in [0, 0.1) is 6.92 Å². The minimum atomic E-state index is 0.284. The summed E-state index contributed by atoms with van der Waals surface area (Å²) in [5.74, 6) is 1.94. The third kappa shape index (κ3) is 3.16. The first-order chi connectivity index (χ1) is 13.7. The van der Waals surface area contributed by atoms with Gasteiger partial charge < -0.3 is 14.2 Å². The van der Waals surface area contributed by atoms with Gasteiger partial charge in [-0.2, -0.15) is 0 Å². The van der Waals surface area contributed by atoms with Crippen molar-refractivity contribution in [2.24, 2.45) is 0 Å². The fraction of sp³-hybridized carbons (Fsp3) is 0.455. The summed E-state index contributed by atoms with van der Waals surface area (Å²) < 4.78 is 7.72. The van der Waals surface area contributed by atoms with E-state index in [1.54, 1.807) is 0 Å². The highest BCUT2D eigenvalue weighted by Crippen LogP contribution is 2.37. The highest BCUT2D eigenvalue weighted by atomic mass is 16.5. The number of benzene rings is 1. The third-order valence-electron chi connectivity index (χ3n) is 6.06. The Morgan fingerprint density at radius 1 is 1.04 bits per heavy atom. The van der Waals surface area contributed by atoms with Crippen LogP contribution in [-0.4, -0.2) is 56.9 Å². The van der Waals surface area contributed by atoms with Crippen LogP contribution in [0.25, 0.3) is 6.08 Å². The van der Waals surface area contributed by atoms with Crippen LogP contribution in [0.15, 0.2) is 42.1 Å². The molecule has 28 heavy (non-hydrogen) atoms. The SMILES string of the molecule is CC1=CC2C(C=Cc3nnc(C)n32)N1Cc1cccc(CN2CCOCC2)c1. The van der Waals surface area contributed by atoms with Gasteiger partial charge in [0.05, 0.1) is 25.3 Å². The van der Waals surface area contributed by atoms with E-state index in [4.69, 9.17) is 4.74 Å². The number of morpholine rings is 1. The lowest BCUT2D eigenvalue weighted by Gasteiger charge is -2.32. The lowest BCUT2D eigenvalue weighted by molar-refractivity contribution is 0.0342. The van der Waals surface area contributed by atoms with Gasteiger partial charge in [0.15, 0.2) is 5.82 Å². The van der Waals surface area contributed by atoms with Crippen LogP contribution >= 0.6 is 0 Å². The fourth-order valence-electron chi connectivity index (χ4n) is 4.63. The number of fused-ring (bicyclic) bond motifs is 3.